The summed E-state index contributed by atoms with van der Waals surface area (Å²) in [4.78, 5) is 11.1. The maximum Gasteiger partial charge on any atom is 2.00 e. The van der Waals surface area contributed by atoms with Crippen molar-refractivity contribution in [1.82, 2.24) is 19.1 Å². The molecule has 0 N–H and O–H groups in total. The Kier molecular flexibility index (Phi) is 11.1. The van der Waals surface area contributed by atoms with Gasteiger partial charge in [-0.3, -0.25) is 9.55 Å². The van der Waals surface area contributed by atoms with Crippen LogP contribution in [0.15, 0.2) is 133 Å². The molecular weight excluding hydrogens is 948 g/mol. The number of nitrogens with zero attached hydrogens (tertiary/aromatic N) is 4. The number of hydrogen-bond donors (Lipinski definition) is 0. The molecule has 0 aliphatic rings. The summed E-state index contributed by atoms with van der Waals surface area (Å²) in [6.07, 6.45) is 0. The summed E-state index contributed by atoms with van der Waals surface area (Å²) in [6.45, 7) is 27.3. The van der Waals surface area contributed by atoms with E-state index in [9.17, 15) is 0 Å². The van der Waals surface area contributed by atoms with Gasteiger partial charge in [0.15, 0.2) is 0 Å². The molecule has 3 heterocycles. The summed E-state index contributed by atoms with van der Waals surface area (Å²) in [5.41, 5.74) is 16.0. The van der Waals surface area contributed by atoms with Gasteiger partial charge in [-0.15, -0.1) is 46.3 Å². The van der Waals surface area contributed by atoms with Crippen molar-refractivity contribution in [2.45, 2.75) is 105 Å². The molecule has 5 heteroatoms. The number of benzene rings is 6. The van der Waals surface area contributed by atoms with E-state index in [1.54, 1.807) is 0 Å². The van der Waals surface area contributed by atoms with Crippen LogP contribution in [0.25, 0.3) is 78.1 Å². The van der Waals surface area contributed by atoms with Gasteiger partial charge in [0.05, 0.1) is 16.9 Å². The van der Waals surface area contributed by atoms with Crippen LogP contribution in [0, 0.1) is 12.1 Å². The zero-order chi connectivity index (χ0) is 43.9. The molecule has 320 valence electrons. The van der Waals surface area contributed by atoms with E-state index in [4.69, 9.17) is 9.97 Å². The second-order valence-corrected chi connectivity index (χ2v) is 21.1. The SMILES string of the molecule is CC(C)(C)c1cc[c-]c(-c2cccc(-c3cccc4c3nc(-n3c5[c-]cc(C(C)(C)C)cc5c5cc(C(C)(C)C)ccc53)n4-c3ccc(C(C)(C)C)cc3-c3ccccc3)n2)c1.[Pt+2]. The first-order valence-corrected chi connectivity index (χ1v) is 22.0. The van der Waals surface area contributed by atoms with Crippen molar-refractivity contribution in [2.75, 3.05) is 0 Å². The minimum Gasteiger partial charge on any atom is -0.304 e. The fourth-order valence-electron chi connectivity index (χ4n) is 8.60. The molecule has 9 aromatic rings. The first kappa shape index (κ1) is 44.1. The maximum atomic E-state index is 5.76. The molecule has 0 saturated heterocycles. The molecule has 0 aliphatic heterocycles. The molecule has 0 fully saturated rings. The van der Waals surface area contributed by atoms with Crippen LogP contribution in [0.5, 0.6) is 0 Å². The molecule has 3 aromatic heterocycles. The van der Waals surface area contributed by atoms with Gasteiger partial charge >= 0.3 is 21.1 Å². The van der Waals surface area contributed by atoms with Crippen molar-refractivity contribution in [3.8, 4) is 45.3 Å². The fourth-order valence-corrected chi connectivity index (χ4v) is 8.60. The van der Waals surface area contributed by atoms with Crippen LogP contribution in [0.4, 0.5) is 0 Å². The Balaban J connectivity index is 0.00000544. The second kappa shape index (κ2) is 15.9. The van der Waals surface area contributed by atoms with E-state index in [0.717, 1.165) is 67.3 Å². The largest absolute Gasteiger partial charge is 2.00 e. The van der Waals surface area contributed by atoms with E-state index < -0.39 is 0 Å². The molecule has 0 amide bonds. The number of fused-ring (bicyclic) bond motifs is 4. The van der Waals surface area contributed by atoms with Crippen molar-refractivity contribution in [1.29, 1.82) is 0 Å². The van der Waals surface area contributed by atoms with Gasteiger partial charge in [0, 0.05) is 16.6 Å². The normalized spacial score (nSPS) is 12.6. The molecule has 0 radical (unpaired) electrons. The molecule has 9 rings (SSSR count). The third kappa shape index (κ3) is 8.13. The monoisotopic (exact) mass is 1010 g/mol. The Labute approximate surface area is 388 Å². The molecule has 6 aromatic carbocycles. The topological polar surface area (TPSA) is 35.6 Å². The van der Waals surface area contributed by atoms with Gasteiger partial charge in [0.2, 0.25) is 5.95 Å². The van der Waals surface area contributed by atoms with Crippen LogP contribution in [-0.2, 0) is 42.7 Å². The molecule has 0 spiro atoms. The van der Waals surface area contributed by atoms with Crippen LogP contribution in [-0.4, -0.2) is 19.1 Å². The van der Waals surface area contributed by atoms with Crippen LogP contribution >= 0.6 is 0 Å². The average Bonchev–Trinajstić information content (AvgIpc) is 3.77. The smallest absolute Gasteiger partial charge is 0.304 e. The van der Waals surface area contributed by atoms with E-state index in [0.29, 0.717) is 0 Å². The quantitative estimate of drug-likeness (QED) is 0.161. The number of hydrogen-bond acceptors (Lipinski definition) is 2. The van der Waals surface area contributed by atoms with Crippen molar-refractivity contribution < 1.29 is 21.1 Å². The molecule has 0 aliphatic carbocycles. The Morgan fingerprint density at radius 2 is 1.08 bits per heavy atom. The first-order chi connectivity index (χ1) is 29.3. The van der Waals surface area contributed by atoms with Crippen LogP contribution in [0.2, 0.25) is 0 Å². The summed E-state index contributed by atoms with van der Waals surface area (Å²) in [5, 5.41) is 2.37. The van der Waals surface area contributed by atoms with E-state index in [1.165, 1.54) is 33.0 Å². The summed E-state index contributed by atoms with van der Waals surface area (Å²) in [6, 6.07) is 55.8. The Bertz CT molecular complexity index is 3080. The van der Waals surface area contributed by atoms with Gasteiger partial charge in [-0.2, -0.15) is 18.2 Å². The second-order valence-electron chi connectivity index (χ2n) is 21.1. The number of para-hydroxylation sites is 1. The molecule has 0 saturated carbocycles. The molecule has 0 unspecified atom stereocenters. The van der Waals surface area contributed by atoms with Gasteiger partial charge in [-0.05, 0) is 74.3 Å². The summed E-state index contributed by atoms with van der Waals surface area (Å²) in [5.74, 6) is 0.804. The first-order valence-electron chi connectivity index (χ1n) is 22.0. The van der Waals surface area contributed by atoms with Crippen molar-refractivity contribution in [3.05, 3.63) is 168 Å². The Morgan fingerprint density at radius 1 is 0.460 bits per heavy atom. The predicted molar refractivity (Wildman–Crippen MR) is 262 cm³/mol. The van der Waals surface area contributed by atoms with E-state index in [2.05, 4.69) is 232 Å². The third-order valence-electron chi connectivity index (χ3n) is 12.4. The van der Waals surface area contributed by atoms with Crippen LogP contribution in [0.1, 0.15) is 105 Å². The molecule has 0 bridgehead atoms. The summed E-state index contributed by atoms with van der Waals surface area (Å²) in [7, 11) is 0. The van der Waals surface area contributed by atoms with E-state index >= 15 is 0 Å². The number of imidazole rings is 1. The standard InChI is InChI=1S/C58H58N4.Pt/c1-55(2,3)39-22-16-21-38(33-39)47-24-18-25-48(59-47)43-23-17-26-52-53(43)60-54(62(52)49-30-27-40(56(4,5)6)34-44(49)37-19-14-13-15-20-37)61-50-31-28-41(57(7,8)9)35-45(50)46-36-42(58(10,11)12)29-32-51(46)61;/h13-20,22-31,33-36H,1-12H3;/q-2;+2. The van der Waals surface area contributed by atoms with Gasteiger partial charge in [-0.1, -0.05) is 167 Å². The summed E-state index contributed by atoms with van der Waals surface area (Å²) >= 11 is 0. The third-order valence-corrected chi connectivity index (χ3v) is 12.4. The van der Waals surface area contributed by atoms with Gasteiger partial charge in [0.25, 0.3) is 0 Å². The van der Waals surface area contributed by atoms with Crippen molar-refractivity contribution in [2.24, 2.45) is 0 Å². The number of aromatic nitrogens is 4. The Morgan fingerprint density at radius 3 is 1.78 bits per heavy atom. The van der Waals surface area contributed by atoms with E-state index in [1.807, 2.05) is 6.07 Å². The summed E-state index contributed by atoms with van der Waals surface area (Å²) < 4.78 is 4.72. The number of rotatable bonds is 5. The van der Waals surface area contributed by atoms with Gasteiger partial charge in [0.1, 0.15) is 5.52 Å². The van der Waals surface area contributed by atoms with Crippen LogP contribution in [0.3, 0.4) is 0 Å². The van der Waals surface area contributed by atoms with Crippen molar-refractivity contribution >= 4 is 32.8 Å². The van der Waals surface area contributed by atoms with Crippen molar-refractivity contribution in [3.63, 3.8) is 0 Å². The molecule has 4 nitrogen and oxygen atoms in total. The predicted octanol–water partition coefficient (Wildman–Crippen LogP) is 15.3. The number of pyridine rings is 1. The maximum absolute atomic E-state index is 5.76. The van der Waals surface area contributed by atoms with Gasteiger partial charge < -0.3 is 4.57 Å². The minimum absolute atomic E-state index is 0. The zero-order valence-electron chi connectivity index (χ0n) is 38.8. The van der Waals surface area contributed by atoms with E-state index in [-0.39, 0.29) is 42.7 Å². The molecule has 0 atom stereocenters. The molecular formula is C58H58N4Pt. The Hall–Kier alpha value is -5.57. The van der Waals surface area contributed by atoms with Gasteiger partial charge in [-0.25, -0.2) is 4.98 Å². The minimum atomic E-state index is -0.0487. The van der Waals surface area contributed by atoms with Crippen LogP contribution < -0.4 is 0 Å². The molecule has 63 heavy (non-hydrogen) atoms. The zero-order valence-corrected chi connectivity index (χ0v) is 41.1. The fraction of sp³-hybridized carbons (Fsp3) is 0.276. The average molecular weight is 1010 g/mol.